The number of hydrogen-bond donors (Lipinski definition) is 2. The highest BCUT2D eigenvalue weighted by molar-refractivity contribution is 6.11. The van der Waals surface area contributed by atoms with E-state index in [1.54, 1.807) is 6.92 Å². The number of nitrogens with one attached hydrogen (secondary N) is 1. The summed E-state index contributed by atoms with van der Waals surface area (Å²) in [6.45, 7) is 2.08. The molecule has 2 aromatic carbocycles. The summed E-state index contributed by atoms with van der Waals surface area (Å²) in [6.07, 6.45) is 0. The Balaban J connectivity index is 2.36. The van der Waals surface area contributed by atoms with Gasteiger partial charge in [-0.1, -0.05) is 12.1 Å². The van der Waals surface area contributed by atoms with Crippen molar-refractivity contribution >= 4 is 23.3 Å². The molecule has 0 unspecified atom stereocenters. The molecule has 0 fully saturated rings. The van der Waals surface area contributed by atoms with Gasteiger partial charge in [0.25, 0.3) is 11.6 Å². The number of amides is 1. The van der Waals surface area contributed by atoms with E-state index in [0.717, 1.165) is 0 Å². The molecule has 2 N–H and O–H groups in total. The Morgan fingerprint density at radius 1 is 1.21 bits per heavy atom. The lowest BCUT2D eigenvalue weighted by Crippen LogP contribution is -2.17. The number of hydrogen-bond acceptors (Lipinski definition) is 5. The fourth-order valence-electron chi connectivity index (χ4n) is 2.08. The van der Waals surface area contributed by atoms with Crippen LogP contribution in [0.15, 0.2) is 42.5 Å². The monoisotopic (exact) mass is 330 g/mol. The molecule has 0 spiro atoms. The maximum Gasteiger partial charge on any atom is 0.336 e. The van der Waals surface area contributed by atoms with Gasteiger partial charge in [-0.05, 0) is 31.2 Å². The summed E-state index contributed by atoms with van der Waals surface area (Å²) in [7, 11) is 0. The van der Waals surface area contributed by atoms with Gasteiger partial charge in [-0.15, -0.1) is 0 Å². The molecule has 0 radical (unpaired) electrons. The second-order valence-corrected chi connectivity index (χ2v) is 4.67. The minimum absolute atomic E-state index is 0.0476. The van der Waals surface area contributed by atoms with Crippen LogP contribution in [0.4, 0.5) is 11.4 Å². The molecule has 0 saturated heterocycles. The van der Waals surface area contributed by atoms with E-state index in [4.69, 9.17) is 9.84 Å². The van der Waals surface area contributed by atoms with Crippen molar-refractivity contribution in [2.45, 2.75) is 6.92 Å². The lowest BCUT2D eigenvalue weighted by atomic mass is 10.1. The Kier molecular flexibility index (Phi) is 5.10. The maximum absolute atomic E-state index is 12.3. The van der Waals surface area contributed by atoms with E-state index >= 15 is 0 Å². The van der Waals surface area contributed by atoms with Gasteiger partial charge in [0.05, 0.1) is 28.7 Å². The summed E-state index contributed by atoms with van der Waals surface area (Å²) in [5.41, 5.74) is -0.674. The minimum atomic E-state index is -1.26. The quantitative estimate of drug-likeness (QED) is 0.621. The lowest BCUT2D eigenvalue weighted by molar-refractivity contribution is -0.384. The molecule has 0 heterocycles. The van der Waals surface area contributed by atoms with Crippen LogP contribution in [-0.4, -0.2) is 28.5 Å². The normalized spacial score (nSPS) is 10.0. The number of carbonyl (C=O) groups is 2. The van der Waals surface area contributed by atoms with Crippen LogP contribution in [0.2, 0.25) is 0 Å². The Labute approximate surface area is 136 Å². The van der Waals surface area contributed by atoms with Crippen molar-refractivity contribution in [2.24, 2.45) is 0 Å². The van der Waals surface area contributed by atoms with Gasteiger partial charge in [0, 0.05) is 0 Å². The fourth-order valence-corrected chi connectivity index (χ4v) is 2.08. The first-order chi connectivity index (χ1) is 11.4. The zero-order valence-corrected chi connectivity index (χ0v) is 12.7. The van der Waals surface area contributed by atoms with Crippen molar-refractivity contribution in [1.82, 2.24) is 0 Å². The van der Waals surface area contributed by atoms with Gasteiger partial charge in [-0.3, -0.25) is 14.9 Å². The Bertz CT molecular complexity index is 803. The molecule has 0 atom stereocenters. The van der Waals surface area contributed by atoms with Gasteiger partial charge in [-0.25, -0.2) is 4.79 Å². The molecule has 2 rings (SSSR count). The van der Waals surface area contributed by atoms with Crippen LogP contribution in [-0.2, 0) is 0 Å². The van der Waals surface area contributed by atoms with Crippen LogP contribution in [0, 0.1) is 10.1 Å². The highest BCUT2D eigenvalue weighted by Crippen LogP contribution is 2.29. The zero-order valence-electron chi connectivity index (χ0n) is 12.7. The van der Waals surface area contributed by atoms with Crippen LogP contribution < -0.4 is 10.1 Å². The number of rotatable bonds is 6. The summed E-state index contributed by atoms with van der Waals surface area (Å²) < 4.78 is 5.20. The SMILES string of the molecule is CCOc1ccc(NC(=O)c2ccccc2C(=O)O)c([N+](=O)[O-])c1. The number of aromatic carboxylic acids is 1. The summed E-state index contributed by atoms with van der Waals surface area (Å²) in [6, 6.07) is 9.62. The Morgan fingerprint density at radius 3 is 2.46 bits per heavy atom. The number of carboxylic acids is 1. The average Bonchev–Trinajstić information content (AvgIpc) is 2.56. The van der Waals surface area contributed by atoms with Gasteiger partial charge < -0.3 is 15.2 Å². The van der Waals surface area contributed by atoms with E-state index in [2.05, 4.69) is 5.32 Å². The molecule has 2 aromatic rings. The summed E-state index contributed by atoms with van der Waals surface area (Å²) >= 11 is 0. The highest BCUT2D eigenvalue weighted by Gasteiger charge is 2.21. The molecule has 0 bridgehead atoms. The zero-order chi connectivity index (χ0) is 17.7. The molecular formula is C16H14N2O6. The average molecular weight is 330 g/mol. The Hall–Kier alpha value is -3.42. The molecule has 0 aliphatic carbocycles. The topological polar surface area (TPSA) is 119 Å². The maximum atomic E-state index is 12.3. The predicted octanol–water partition coefficient (Wildman–Crippen LogP) is 2.94. The van der Waals surface area contributed by atoms with Gasteiger partial charge in [0.2, 0.25) is 0 Å². The third kappa shape index (κ3) is 3.67. The molecule has 0 aromatic heterocycles. The number of carboxylic acid groups (broad SMARTS) is 1. The first-order valence-electron chi connectivity index (χ1n) is 6.99. The number of nitro benzene ring substituents is 1. The second kappa shape index (κ2) is 7.23. The van der Waals surface area contributed by atoms with E-state index in [1.165, 1.54) is 42.5 Å². The molecule has 0 aliphatic heterocycles. The van der Waals surface area contributed by atoms with Crippen LogP contribution in [0.25, 0.3) is 0 Å². The van der Waals surface area contributed by atoms with E-state index in [0.29, 0.717) is 12.4 Å². The third-order valence-electron chi connectivity index (χ3n) is 3.13. The number of carbonyl (C=O) groups excluding carboxylic acids is 1. The standard InChI is InChI=1S/C16H14N2O6/c1-2-24-10-7-8-13(14(9-10)18(22)23)17-15(19)11-5-3-4-6-12(11)16(20)21/h3-9H,2H2,1H3,(H,17,19)(H,20,21). The van der Waals surface area contributed by atoms with E-state index in [1.807, 2.05) is 0 Å². The van der Waals surface area contributed by atoms with Crippen molar-refractivity contribution in [3.8, 4) is 5.75 Å². The largest absolute Gasteiger partial charge is 0.494 e. The van der Waals surface area contributed by atoms with Crippen LogP contribution in [0.5, 0.6) is 5.75 Å². The summed E-state index contributed by atoms with van der Waals surface area (Å²) in [5, 5.41) is 22.7. The fraction of sp³-hybridized carbons (Fsp3) is 0.125. The molecule has 24 heavy (non-hydrogen) atoms. The van der Waals surface area contributed by atoms with Gasteiger partial charge >= 0.3 is 5.97 Å². The first kappa shape index (κ1) is 16.9. The van der Waals surface area contributed by atoms with Crippen LogP contribution >= 0.6 is 0 Å². The van der Waals surface area contributed by atoms with Gasteiger partial charge in [0.15, 0.2) is 0 Å². The molecule has 124 valence electrons. The van der Waals surface area contributed by atoms with Crippen molar-refractivity contribution < 1.29 is 24.4 Å². The minimum Gasteiger partial charge on any atom is -0.494 e. The Morgan fingerprint density at radius 2 is 1.88 bits per heavy atom. The molecule has 1 amide bonds. The number of ether oxygens (including phenoxy) is 1. The van der Waals surface area contributed by atoms with E-state index in [9.17, 15) is 19.7 Å². The number of nitrogens with zero attached hydrogens (tertiary/aromatic N) is 1. The number of nitro groups is 1. The molecular weight excluding hydrogens is 316 g/mol. The van der Waals surface area contributed by atoms with Crippen LogP contribution in [0.1, 0.15) is 27.6 Å². The highest BCUT2D eigenvalue weighted by atomic mass is 16.6. The van der Waals surface area contributed by atoms with E-state index < -0.39 is 16.8 Å². The number of anilines is 1. The summed E-state index contributed by atoms with van der Waals surface area (Å²) in [5.74, 6) is -1.71. The molecule has 8 nitrogen and oxygen atoms in total. The smallest absolute Gasteiger partial charge is 0.336 e. The molecule has 0 aliphatic rings. The summed E-state index contributed by atoms with van der Waals surface area (Å²) in [4.78, 5) is 34.0. The second-order valence-electron chi connectivity index (χ2n) is 4.67. The lowest BCUT2D eigenvalue weighted by Gasteiger charge is -2.09. The van der Waals surface area contributed by atoms with Crippen molar-refractivity contribution in [1.29, 1.82) is 0 Å². The molecule has 8 heteroatoms. The van der Waals surface area contributed by atoms with Crippen molar-refractivity contribution in [3.05, 3.63) is 63.7 Å². The van der Waals surface area contributed by atoms with Gasteiger partial charge in [-0.2, -0.15) is 0 Å². The first-order valence-corrected chi connectivity index (χ1v) is 6.99. The number of benzene rings is 2. The van der Waals surface area contributed by atoms with Gasteiger partial charge in [0.1, 0.15) is 11.4 Å². The van der Waals surface area contributed by atoms with E-state index in [-0.39, 0.29) is 22.5 Å². The van der Waals surface area contributed by atoms with Crippen molar-refractivity contribution in [3.63, 3.8) is 0 Å². The third-order valence-corrected chi connectivity index (χ3v) is 3.13. The predicted molar refractivity (Wildman–Crippen MR) is 85.6 cm³/mol. The molecule has 0 saturated carbocycles. The van der Waals surface area contributed by atoms with Crippen LogP contribution in [0.3, 0.4) is 0 Å². The van der Waals surface area contributed by atoms with Crippen molar-refractivity contribution in [2.75, 3.05) is 11.9 Å².